The summed E-state index contributed by atoms with van der Waals surface area (Å²) in [5, 5.41) is 18.8. The fourth-order valence-corrected chi connectivity index (χ4v) is 1.48. The molecule has 7 heteroatoms. The molecule has 0 radical (unpaired) electrons. The van der Waals surface area contributed by atoms with Crippen LogP contribution in [0.5, 0.6) is 0 Å². The molecule has 96 valence electrons. The summed E-state index contributed by atoms with van der Waals surface area (Å²) in [5.74, 6) is -0.248. The first-order valence-corrected chi connectivity index (χ1v) is 5.19. The molecule has 0 saturated heterocycles. The third-order valence-electron chi connectivity index (χ3n) is 2.26. The van der Waals surface area contributed by atoms with Gasteiger partial charge < -0.3 is 15.9 Å². The standard InChI is InChI=1S/C10H11ClF3NO2/c11-4-8(16)9(17)6-2-1-5(3-7(6)15)10(12,13)14/h1-3,8-9,16-17H,4,15H2. The minimum atomic E-state index is -4.50. The van der Waals surface area contributed by atoms with Crippen LogP contribution in [-0.2, 0) is 6.18 Å². The summed E-state index contributed by atoms with van der Waals surface area (Å²) in [4.78, 5) is 0. The number of hydrogen-bond donors (Lipinski definition) is 3. The van der Waals surface area contributed by atoms with E-state index >= 15 is 0 Å². The Morgan fingerprint density at radius 3 is 2.29 bits per heavy atom. The number of nitrogens with two attached hydrogens (primary N) is 1. The van der Waals surface area contributed by atoms with Crippen LogP contribution < -0.4 is 5.73 Å². The average Bonchev–Trinajstić information content (AvgIpc) is 2.25. The zero-order valence-electron chi connectivity index (χ0n) is 8.58. The first kappa shape index (κ1) is 14.1. The Balaban J connectivity index is 3.06. The SMILES string of the molecule is Nc1cc(C(F)(F)F)ccc1C(O)C(O)CCl. The first-order chi connectivity index (χ1) is 7.77. The van der Waals surface area contributed by atoms with Crippen LogP contribution >= 0.6 is 11.6 Å². The largest absolute Gasteiger partial charge is 0.416 e. The lowest BCUT2D eigenvalue weighted by Crippen LogP contribution is -2.21. The highest BCUT2D eigenvalue weighted by atomic mass is 35.5. The second-order valence-electron chi connectivity index (χ2n) is 3.51. The lowest BCUT2D eigenvalue weighted by molar-refractivity contribution is -0.137. The zero-order chi connectivity index (χ0) is 13.2. The Hall–Kier alpha value is -0.980. The molecule has 3 nitrogen and oxygen atoms in total. The van der Waals surface area contributed by atoms with Crippen molar-refractivity contribution >= 4 is 17.3 Å². The molecular weight excluding hydrogens is 259 g/mol. The Labute approximate surface area is 101 Å². The van der Waals surface area contributed by atoms with E-state index in [1.165, 1.54) is 0 Å². The normalized spacial score (nSPS) is 15.6. The van der Waals surface area contributed by atoms with Crippen molar-refractivity contribution in [2.75, 3.05) is 11.6 Å². The molecule has 4 N–H and O–H groups in total. The van der Waals surface area contributed by atoms with Crippen molar-refractivity contribution in [3.63, 3.8) is 0 Å². The monoisotopic (exact) mass is 269 g/mol. The second kappa shape index (κ2) is 5.12. The van der Waals surface area contributed by atoms with Gasteiger partial charge in [-0.05, 0) is 12.1 Å². The van der Waals surface area contributed by atoms with Crippen LogP contribution in [0.1, 0.15) is 17.2 Å². The smallest absolute Gasteiger partial charge is 0.398 e. The Bertz CT molecular complexity index is 398. The minimum absolute atomic E-state index is 0.0196. The van der Waals surface area contributed by atoms with Gasteiger partial charge in [0.25, 0.3) is 0 Å². The van der Waals surface area contributed by atoms with E-state index in [2.05, 4.69) is 0 Å². The van der Waals surface area contributed by atoms with Crippen molar-refractivity contribution in [1.29, 1.82) is 0 Å². The molecule has 1 rings (SSSR count). The topological polar surface area (TPSA) is 66.5 Å². The number of benzene rings is 1. The minimum Gasteiger partial charge on any atom is -0.398 e. The zero-order valence-corrected chi connectivity index (χ0v) is 9.33. The van der Waals surface area contributed by atoms with Crippen LogP contribution in [-0.4, -0.2) is 22.2 Å². The van der Waals surface area contributed by atoms with Crippen molar-refractivity contribution in [2.24, 2.45) is 0 Å². The molecule has 0 amide bonds. The van der Waals surface area contributed by atoms with E-state index in [-0.39, 0.29) is 17.1 Å². The summed E-state index contributed by atoms with van der Waals surface area (Å²) in [5.41, 5.74) is 4.27. The Morgan fingerprint density at radius 2 is 1.88 bits per heavy atom. The third-order valence-corrected chi connectivity index (χ3v) is 2.57. The Morgan fingerprint density at radius 1 is 1.29 bits per heavy atom. The molecule has 0 fully saturated rings. The van der Waals surface area contributed by atoms with Gasteiger partial charge in [0.05, 0.1) is 17.5 Å². The number of aliphatic hydroxyl groups excluding tert-OH is 2. The van der Waals surface area contributed by atoms with E-state index in [1.807, 2.05) is 0 Å². The summed E-state index contributed by atoms with van der Waals surface area (Å²) >= 11 is 5.32. The fraction of sp³-hybridized carbons (Fsp3) is 0.400. The van der Waals surface area contributed by atoms with Gasteiger partial charge in [0.2, 0.25) is 0 Å². The molecule has 2 unspecified atom stereocenters. The van der Waals surface area contributed by atoms with Gasteiger partial charge in [0.15, 0.2) is 0 Å². The predicted molar refractivity (Wildman–Crippen MR) is 57.5 cm³/mol. The van der Waals surface area contributed by atoms with Crippen LogP contribution in [0.25, 0.3) is 0 Å². The van der Waals surface area contributed by atoms with Crippen molar-refractivity contribution in [3.8, 4) is 0 Å². The van der Waals surface area contributed by atoms with Gasteiger partial charge in [-0.15, -0.1) is 11.6 Å². The summed E-state index contributed by atoms with van der Waals surface area (Å²) in [6, 6.07) is 2.52. The number of rotatable bonds is 3. The summed E-state index contributed by atoms with van der Waals surface area (Å²) < 4.78 is 37.0. The highest BCUT2D eigenvalue weighted by molar-refractivity contribution is 6.18. The molecule has 0 spiro atoms. The van der Waals surface area contributed by atoms with Crippen LogP contribution in [0.4, 0.5) is 18.9 Å². The second-order valence-corrected chi connectivity index (χ2v) is 3.82. The van der Waals surface area contributed by atoms with E-state index in [1.54, 1.807) is 0 Å². The van der Waals surface area contributed by atoms with Crippen LogP contribution in [0.2, 0.25) is 0 Å². The molecule has 1 aromatic carbocycles. The molecular formula is C10H11ClF3NO2. The summed E-state index contributed by atoms with van der Waals surface area (Å²) in [7, 11) is 0. The van der Waals surface area contributed by atoms with E-state index in [9.17, 15) is 23.4 Å². The molecule has 2 atom stereocenters. The van der Waals surface area contributed by atoms with Gasteiger partial charge >= 0.3 is 6.18 Å². The maximum Gasteiger partial charge on any atom is 0.416 e. The summed E-state index contributed by atoms with van der Waals surface area (Å²) in [6.07, 6.45) is -7.19. The quantitative estimate of drug-likeness (QED) is 0.580. The maximum absolute atomic E-state index is 12.3. The fourth-order valence-electron chi connectivity index (χ4n) is 1.31. The van der Waals surface area contributed by atoms with Gasteiger partial charge in [-0.25, -0.2) is 0 Å². The highest BCUT2D eigenvalue weighted by Crippen LogP contribution is 2.33. The van der Waals surface area contributed by atoms with E-state index < -0.39 is 23.9 Å². The number of halogens is 4. The maximum atomic E-state index is 12.3. The molecule has 0 aliphatic heterocycles. The van der Waals surface area contributed by atoms with Crippen molar-refractivity contribution in [1.82, 2.24) is 0 Å². The van der Waals surface area contributed by atoms with Crippen molar-refractivity contribution in [2.45, 2.75) is 18.4 Å². The van der Waals surface area contributed by atoms with Crippen LogP contribution in [0.15, 0.2) is 18.2 Å². The third kappa shape index (κ3) is 3.24. The van der Waals surface area contributed by atoms with Crippen molar-refractivity contribution in [3.05, 3.63) is 29.3 Å². The Kier molecular flexibility index (Phi) is 4.24. The molecule has 1 aromatic rings. The first-order valence-electron chi connectivity index (χ1n) is 4.66. The van der Waals surface area contributed by atoms with Gasteiger partial charge in [-0.1, -0.05) is 6.07 Å². The number of anilines is 1. The predicted octanol–water partition coefficient (Wildman–Crippen LogP) is 1.92. The molecule has 0 heterocycles. The van der Waals surface area contributed by atoms with Gasteiger partial charge in [-0.3, -0.25) is 0 Å². The number of aliphatic hydroxyl groups is 2. The molecule has 0 saturated carbocycles. The van der Waals surface area contributed by atoms with Crippen LogP contribution in [0, 0.1) is 0 Å². The molecule has 0 aromatic heterocycles. The molecule has 17 heavy (non-hydrogen) atoms. The summed E-state index contributed by atoms with van der Waals surface area (Å²) in [6.45, 7) is 0. The highest BCUT2D eigenvalue weighted by Gasteiger charge is 2.31. The average molecular weight is 270 g/mol. The van der Waals surface area contributed by atoms with Crippen LogP contribution in [0.3, 0.4) is 0 Å². The van der Waals surface area contributed by atoms with E-state index in [0.717, 1.165) is 12.1 Å². The molecule has 0 aliphatic rings. The van der Waals surface area contributed by atoms with Gasteiger partial charge in [0.1, 0.15) is 6.10 Å². The molecule has 0 bridgehead atoms. The lowest BCUT2D eigenvalue weighted by Gasteiger charge is -2.18. The van der Waals surface area contributed by atoms with Gasteiger partial charge in [0, 0.05) is 11.3 Å². The number of hydrogen-bond acceptors (Lipinski definition) is 3. The van der Waals surface area contributed by atoms with E-state index in [4.69, 9.17) is 17.3 Å². The van der Waals surface area contributed by atoms with E-state index in [0.29, 0.717) is 6.07 Å². The lowest BCUT2D eigenvalue weighted by atomic mass is 10.0. The van der Waals surface area contributed by atoms with Crippen molar-refractivity contribution < 1.29 is 23.4 Å². The number of nitrogen functional groups attached to an aromatic ring is 1. The molecule has 0 aliphatic carbocycles. The number of alkyl halides is 4. The van der Waals surface area contributed by atoms with Gasteiger partial charge in [-0.2, -0.15) is 13.2 Å².